The van der Waals surface area contributed by atoms with Crippen molar-refractivity contribution in [1.29, 1.82) is 0 Å². The van der Waals surface area contributed by atoms with Crippen LogP contribution in [0.25, 0.3) is 0 Å². The van der Waals surface area contributed by atoms with Crippen molar-refractivity contribution >= 4 is 17.5 Å². The number of carbonyl (C=O) groups excluding carboxylic acids is 1. The second-order valence-corrected chi connectivity index (χ2v) is 5.37. The summed E-state index contributed by atoms with van der Waals surface area (Å²) >= 11 is 1.53. The lowest BCUT2D eigenvalue weighted by atomic mass is 10.1. The molecule has 0 heterocycles. The number of rotatable bonds is 6. The minimum atomic E-state index is -0.908. The van der Waals surface area contributed by atoms with E-state index in [0.29, 0.717) is 11.7 Å². The highest BCUT2D eigenvalue weighted by Crippen LogP contribution is 2.14. The molecule has 0 saturated heterocycles. The monoisotopic (exact) mass is 258 g/mol. The van der Waals surface area contributed by atoms with Gasteiger partial charge in [0.2, 0.25) is 0 Å². The van der Waals surface area contributed by atoms with Crippen molar-refractivity contribution in [2.24, 2.45) is 5.92 Å². The molecular weight excluding hydrogens is 242 g/mol. The van der Waals surface area contributed by atoms with Crippen molar-refractivity contribution in [3.63, 3.8) is 0 Å². The highest BCUT2D eigenvalue weighted by atomic mass is 32.2. The van der Waals surface area contributed by atoms with Gasteiger partial charge in [0.15, 0.2) is 11.6 Å². The molecule has 1 rings (SSSR count). The molecule has 0 bridgehead atoms. The van der Waals surface area contributed by atoms with Gasteiger partial charge in [-0.25, -0.2) is 8.78 Å². The van der Waals surface area contributed by atoms with E-state index in [1.165, 1.54) is 23.9 Å². The zero-order valence-corrected chi connectivity index (χ0v) is 10.8. The molecule has 94 valence electrons. The van der Waals surface area contributed by atoms with Gasteiger partial charge < -0.3 is 0 Å². The van der Waals surface area contributed by atoms with Crippen molar-refractivity contribution < 1.29 is 13.6 Å². The third kappa shape index (κ3) is 4.86. The zero-order chi connectivity index (χ0) is 12.8. The summed E-state index contributed by atoms with van der Waals surface area (Å²) in [4.78, 5) is 11.5. The van der Waals surface area contributed by atoms with Crippen LogP contribution < -0.4 is 0 Å². The van der Waals surface area contributed by atoms with E-state index < -0.39 is 11.6 Å². The van der Waals surface area contributed by atoms with E-state index in [-0.39, 0.29) is 17.8 Å². The van der Waals surface area contributed by atoms with Crippen LogP contribution in [-0.2, 0) is 11.2 Å². The van der Waals surface area contributed by atoms with Crippen LogP contribution in [0, 0.1) is 17.6 Å². The Labute approximate surface area is 105 Å². The first-order valence-corrected chi connectivity index (χ1v) is 6.68. The number of hydrogen-bond acceptors (Lipinski definition) is 2. The first-order valence-electron chi connectivity index (χ1n) is 5.53. The van der Waals surface area contributed by atoms with Crippen molar-refractivity contribution in [3.8, 4) is 0 Å². The molecule has 0 fully saturated rings. The number of hydrogen-bond donors (Lipinski definition) is 0. The van der Waals surface area contributed by atoms with Gasteiger partial charge in [-0.05, 0) is 23.3 Å². The third-order valence-electron chi connectivity index (χ3n) is 2.13. The Kier molecular flexibility index (Phi) is 5.62. The van der Waals surface area contributed by atoms with Crippen molar-refractivity contribution in [2.45, 2.75) is 20.3 Å². The molecule has 17 heavy (non-hydrogen) atoms. The van der Waals surface area contributed by atoms with Crippen LogP contribution in [-0.4, -0.2) is 17.3 Å². The van der Waals surface area contributed by atoms with Crippen LogP contribution in [0.3, 0.4) is 0 Å². The predicted molar refractivity (Wildman–Crippen MR) is 67.2 cm³/mol. The molecule has 4 heteroatoms. The quantitative estimate of drug-likeness (QED) is 0.777. The van der Waals surface area contributed by atoms with Crippen molar-refractivity contribution in [2.75, 3.05) is 11.5 Å². The van der Waals surface area contributed by atoms with Crippen LogP contribution in [0.5, 0.6) is 0 Å². The Bertz CT molecular complexity index is 391. The average Bonchev–Trinajstić information content (AvgIpc) is 2.24. The van der Waals surface area contributed by atoms with Gasteiger partial charge >= 0.3 is 0 Å². The summed E-state index contributed by atoms with van der Waals surface area (Å²) < 4.78 is 26.2. The first-order chi connectivity index (χ1) is 8.00. The number of halogens is 2. The lowest BCUT2D eigenvalue weighted by molar-refractivity contribution is -0.116. The van der Waals surface area contributed by atoms with Gasteiger partial charge in [-0.2, -0.15) is 11.8 Å². The summed E-state index contributed by atoms with van der Waals surface area (Å²) in [6, 6.07) is 3.92. The fourth-order valence-corrected chi connectivity index (χ4v) is 2.28. The molecule has 0 amide bonds. The van der Waals surface area contributed by atoms with Crippen molar-refractivity contribution in [1.82, 2.24) is 0 Å². The molecule has 1 aromatic carbocycles. The van der Waals surface area contributed by atoms with E-state index >= 15 is 0 Å². The number of ketones is 1. The molecule has 0 spiro atoms. The summed E-state index contributed by atoms with van der Waals surface area (Å²) in [5, 5.41) is 0. The number of Topliss-reactive ketones (excluding diaryl/α,β-unsaturated/α-hetero) is 1. The molecule has 0 atom stereocenters. The van der Waals surface area contributed by atoms with Gasteiger partial charge in [0.05, 0.1) is 5.75 Å². The summed E-state index contributed by atoms with van der Waals surface area (Å²) in [7, 11) is 0. The summed E-state index contributed by atoms with van der Waals surface area (Å²) in [6.45, 7) is 4.15. The normalized spacial score (nSPS) is 10.9. The number of carbonyl (C=O) groups is 1. The van der Waals surface area contributed by atoms with Crippen LogP contribution >= 0.6 is 11.8 Å². The molecule has 1 aromatic rings. The molecule has 0 aliphatic carbocycles. The molecule has 0 aromatic heterocycles. The highest BCUT2D eigenvalue weighted by Gasteiger charge is 2.11. The highest BCUT2D eigenvalue weighted by molar-refractivity contribution is 7.99. The van der Waals surface area contributed by atoms with E-state index in [2.05, 4.69) is 13.8 Å². The summed E-state index contributed by atoms with van der Waals surface area (Å²) in [5.74, 6) is -0.0930. The maximum atomic E-state index is 13.3. The Hall–Kier alpha value is -0.900. The molecule has 0 aliphatic rings. The largest absolute Gasteiger partial charge is 0.298 e. The maximum absolute atomic E-state index is 13.3. The van der Waals surface area contributed by atoms with E-state index in [4.69, 9.17) is 0 Å². The number of thioether (sulfide) groups is 1. The van der Waals surface area contributed by atoms with E-state index in [1.54, 1.807) is 0 Å². The smallest absolute Gasteiger partial charge is 0.162 e. The third-order valence-corrected chi connectivity index (χ3v) is 3.56. The molecule has 0 saturated carbocycles. The van der Waals surface area contributed by atoms with Gasteiger partial charge in [-0.1, -0.05) is 26.0 Å². The van der Waals surface area contributed by atoms with Gasteiger partial charge in [0.1, 0.15) is 5.78 Å². The van der Waals surface area contributed by atoms with Crippen LogP contribution in [0.4, 0.5) is 8.78 Å². The second-order valence-electron chi connectivity index (χ2n) is 4.34. The SMILES string of the molecule is CC(C)CSCC(=O)Cc1cccc(F)c1F. The summed E-state index contributed by atoms with van der Waals surface area (Å²) in [6.07, 6.45) is -0.0330. The van der Waals surface area contributed by atoms with E-state index in [0.717, 1.165) is 11.8 Å². The minimum absolute atomic E-state index is 0.0330. The van der Waals surface area contributed by atoms with Crippen LogP contribution in [0.1, 0.15) is 19.4 Å². The van der Waals surface area contributed by atoms with E-state index in [1.807, 2.05) is 0 Å². The van der Waals surface area contributed by atoms with Crippen LogP contribution in [0.2, 0.25) is 0 Å². The van der Waals surface area contributed by atoms with Crippen LogP contribution in [0.15, 0.2) is 18.2 Å². The van der Waals surface area contributed by atoms with Crippen molar-refractivity contribution in [3.05, 3.63) is 35.4 Å². The predicted octanol–water partition coefficient (Wildman–Crippen LogP) is 3.47. The first kappa shape index (κ1) is 14.2. The standard InChI is InChI=1S/C13H16F2OS/c1-9(2)7-17-8-11(16)6-10-4-3-5-12(14)13(10)15/h3-5,9H,6-8H2,1-2H3. The fraction of sp³-hybridized carbons (Fsp3) is 0.462. The molecule has 1 nitrogen and oxygen atoms in total. The average molecular weight is 258 g/mol. The molecule has 0 aliphatic heterocycles. The zero-order valence-electron chi connectivity index (χ0n) is 10.0. The maximum Gasteiger partial charge on any atom is 0.162 e. The van der Waals surface area contributed by atoms with E-state index in [9.17, 15) is 13.6 Å². The second kappa shape index (κ2) is 6.74. The summed E-state index contributed by atoms with van der Waals surface area (Å²) in [5.41, 5.74) is 0.139. The lowest BCUT2D eigenvalue weighted by Crippen LogP contribution is -2.09. The van der Waals surface area contributed by atoms with Gasteiger partial charge in [-0.3, -0.25) is 4.79 Å². The van der Waals surface area contributed by atoms with Gasteiger partial charge in [0.25, 0.3) is 0 Å². The van der Waals surface area contributed by atoms with Gasteiger partial charge in [0, 0.05) is 6.42 Å². The molecule has 0 radical (unpaired) electrons. The molecule has 0 N–H and O–H groups in total. The fourth-order valence-electron chi connectivity index (χ4n) is 1.36. The molecule has 0 unspecified atom stereocenters. The molecular formula is C13H16F2OS. The number of benzene rings is 1. The Morgan fingerprint density at radius 3 is 2.71 bits per heavy atom. The minimum Gasteiger partial charge on any atom is -0.298 e. The van der Waals surface area contributed by atoms with Gasteiger partial charge in [-0.15, -0.1) is 0 Å². The Morgan fingerprint density at radius 1 is 1.35 bits per heavy atom. The lowest BCUT2D eigenvalue weighted by Gasteiger charge is -2.05. The Morgan fingerprint density at radius 2 is 2.06 bits per heavy atom. The topological polar surface area (TPSA) is 17.1 Å². The Balaban J connectivity index is 2.48.